The topological polar surface area (TPSA) is 4.93 Å². The van der Waals surface area contributed by atoms with E-state index in [0.717, 1.165) is 13.0 Å². The molecule has 0 spiro atoms. The minimum Gasteiger partial charge on any atom is -0.339 e. The SMILES string of the molecule is C#CCCn1c2cc(C)ccc2c2cccc(C)c21. The minimum absolute atomic E-state index is 0.765. The van der Waals surface area contributed by atoms with Crippen molar-refractivity contribution in [2.45, 2.75) is 26.8 Å². The van der Waals surface area contributed by atoms with Gasteiger partial charge in [0.15, 0.2) is 0 Å². The van der Waals surface area contributed by atoms with E-state index in [1.54, 1.807) is 0 Å². The van der Waals surface area contributed by atoms with Crippen LogP contribution in [0.5, 0.6) is 0 Å². The second-order valence-electron chi connectivity index (χ2n) is 5.10. The summed E-state index contributed by atoms with van der Waals surface area (Å²) in [5.41, 5.74) is 5.20. The number of benzene rings is 2. The van der Waals surface area contributed by atoms with Gasteiger partial charge in [-0.1, -0.05) is 30.3 Å². The molecular weight excluding hydrogens is 230 g/mol. The van der Waals surface area contributed by atoms with Crippen molar-refractivity contribution in [3.05, 3.63) is 47.5 Å². The summed E-state index contributed by atoms with van der Waals surface area (Å²) in [6.07, 6.45) is 6.20. The average molecular weight is 247 g/mol. The highest BCUT2D eigenvalue weighted by Gasteiger charge is 2.11. The van der Waals surface area contributed by atoms with Crippen molar-refractivity contribution in [1.29, 1.82) is 0 Å². The third-order valence-corrected chi connectivity index (χ3v) is 3.72. The third kappa shape index (κ3) is 1.81. The number of para-hydroxylation sites is 1. The second kappa shape index (κ2) is 4.48. The highest BCUT2D eigenvalue weighted by molar-refractivity contribution is 6.09. The fraction of sp³-hybridized carbons (Fsp3) is 0.222. The van der Waals surface area contributed by atoms with Gasteiger partial charge in [-0.05, 0) is 31.0 Å². The predicted octanol–water partition coefficient (Wildman–Crippen LogP) is 4.43. The van der Waals surface area contributed by atoms with E-state index >= 15 is 0 Å². The Morgan fingerprint density at radius 3 is 2.74 bits per heavy atom. The van der Waals surface area contributed by atoms with Crippen molar-refractivity contribution in [3.8, 4) is 12.3 Å². The van der Waals surface area contributed by atoms with Crippen LogP contribution in [-0.4, -0.2) is 4.57 Å². The van der Waals surface area contributed by atoms with E-state index < -0.39 is 0 Å². The van der Waals surface area contributed by atoms with E-state index in [0.29, 0.717) is 0 Å². The number of terminal acetylenes is 1. The van der Waals surface area contributed by atoms with Crippen LogP contribution in [0.15, 0.2) is 36.4 Å². The molecule has 0 aliphatic carbocycles. The summed E-state index contributed by atoms with van der Waals surface area (Å²) in [6, 6.07) is 13.1. The monoisotopic (exact) mass is 247 g/mol. The van der Waals surface area contributed by atoms with Gasteiger partial charge < -0.3 is 4.57 Å². The van der Waals surface area contributed by atoms with Crippen LogP contribution in [0.2, 0.25) is 0 Å². The molecule has 0 amide bonds. The molecule has 0 bridgehead atoms. The molecule has 0 N–H and O–H groups in total. The molecule has 0 aliphatic rings. The normalized spacial score (nSPS) is 11.0. The smallest absolute Gasteiger partial charge is 0.0521 e. The zero-order valence-corrected chi connectivity index (χ0v) is 11.4. The first-order valence-corrected chi connectivity index (χ1v) is 6.64. The maximum atomic E-state index is 5.44. The zero-order valence-electron chi connectivity index (χ0n) is 11.4. The van der Waals surface area contributed by atoms with Crippen LogP contribution >= 0.6 is 0 Å². The first-order valence-electron chi connectivity index (χ1n) is 6.64. The number of rotatable bonds is 2. The molecule has 0 atom stereocenters. The van der Waals surface area contributed by atoms with Crippen LogP contribution in [0.4, 0.5) is 0 Å². The average Bonchev–Trinajstić information content (AvgIpc) is 2.71. The standard InChI is InChI=1S/C18H17N/c1-4-5-11-19-17-12-13(2)9-10-15(17)16-8-6-7-14(3)18(16)19/h1,6-10,12H,5,11H2,2-3H3. The molecule has 1 nitrogen and oxygen atoms in total. The number of hydrogen-bond donors (Lipinski definition) is 0. The Labute approximate surface area is 113 Å². The summed E-state index contributed by atoms with van der Waals surface area (Å²) in [7, 11) is 0. The van der Waals surface area contributed by atoms with Gasteiger partial charge in [0.25, 0.3) is 0 Å². The molecular formula is C18H17N. The van der Waals surface area contributed by atoms with Crippen molar-refractivity contribution in [2.75, 3.05) is 0 Å². The van der Waals surface area contributed by atoms with Crippen molar-refractivity contribution in [3.63, 3.8) is 0 Å². The summed E-state index contributed by atoms with van der Waals surface area (Å²) < 4.78 is 2.37. The van der Waals surface area contributed by atoms with E-state index in [2.05, 4.69) is 60.7 Å². The molecule has 94 valence electrons. The lowest BCUT2D eigenvalue weighted by molar-refractivity contribution is 0.772. The molecule has 19 heavy (non-hydrogen) atoms. The van der Waals surface area contributed by atoms with Crippen LogP contribution in [0.3, 0.4) is 0 Å². The number of aromatic nitrogens is 1. The van der Waals surface area contributed by atoms with E-state index in [1.165, 1.54) is 32.9 Å². The lowest BCUT2D eigenvalue weighted by Crippen LogP contribution is -1.98. The first kappa shape index (κ1) is 11.9. The predicted molar refractivity (Wildman–Crippen MR) is 82.4 cm³/mol. The fourth-order valence-electron chi connectivity index (χ4n) is 2.86. The quantitative estimate of drug-likeness (QED) is 0.590. The van der Waals surface area contributed by atoms with Crippen molar-refractivity contribution in [2.24, 2.45) is 0 Å². The maximum Gasteiger partial charge on any atom is 0.0521 e. The Balaban J connectivity index is 2.45. The Hall–Kier alpha value is -2.20. The zero-order chi connectivity index (χ0) is 13.4. The number of hydrogen-bond acceptors (Lipinski definition) is 0. The molecule has 0 saturated carbocycles. The van der Waals surface area contributed by atoms with Gasteiger partial charge in [0, 0.05) is 29.3 Å². The van der Waals surface area contributed by atoms with Crippen LogP contribution in [0.1, 0.15) is 17.5 Å². The molecule has 0 fully saturated rings. The lowest BCUT2D eigenvalue weighted by atomic mass is 10.1. The van der Waals surface area contributed by atoms with Crippen LogP contribution < -0.4 is 0 Å². The lowest BCUT2D eigenvalue weighted by Gasteiger charge is -2.07. The number of fused-ring (bicyclic) bond motifs is 3. The van der Waals surface area contributed by atoms with Gasteiger partial charge >= 0.3 is 0 Å². The summed E-state index contributed by atoms with van der Waals surface area (Å²) in [5, 5.41) is 2.65. The number of aryl methyl sites for hydroxylation is 3. The van der Waals surface area contributed by atoms with E-state index in [1.807, 2.05) is 0 Å². The molecule has 2 aromatic carbocycles. The Morgan fingerprint density at radius 1 is 1.11 bits per heavy atom. The largest absolute Gasteiger partial charge is 0.339 e. The van der Waals surface area contributed by atoms with Crippen molar-refractivity contribution in [1.82, 2.24) is 4.57 Å². The fourth-order valence-corrected chi connectivity index (χ4v) is 2.86. The Bertz CT molecular complexity index is 800. The Kier molecular flexibility index (Phi) is 2.80. The van der Waals surface area contributed by atoms with Gasteiger partial charge in [0.1, 0.15) is 0 Å². The van der Waals surface area contributed by atoms with Crippen LogP contribution in [0, 0.1) is 26.2 Å². The van der Waals surface area contributed by atoms with Gasteiger partial charge in [-0.3, -0.25) is 0 Å². The summed E-state index contributed by atoms with van der Waals surface area (Å²) in [6.45, 7) is 5.18. The third-order valence-electron chi connectivity index (χ3n) is 3.72. The van der Waals surface area contributed by atoms with Gasteiger partial charge in [0.2, 0.25) is 0 Å². The van der Waals surface area contributed by atoms with Gasteiger partial charge in [-0.2, -0.15) is 0 Å². The molecule has 1 aromatic heterocycles. The minimum atomic E-state index is 0.765. The highest BCUT2D eigenvalue weighted by atomic mass is 15.0. The molecule has 0 radical (unpaired) electrons. The van der Waals surface area contributed by atoms with Crippen LogP contribution in [-0.2, 0) is 6.54 Å². The van der Waals surface area contributed by atoms with E-state index in [9.17, 15) is 0 Å². The van der Waals surface area contributed by atoms with Gasteiger partial charge in [-0.15, -0.1) is 12.3 Å². The van der Waals surface area contributed by atoms with Gasteiger partial charge in [0.05, 0.1) is 5.52 Å². The molecule has 3 rings (SSSR count). The Morgan fingerprint density at radius 2 is 1.95 bits per heavy atom. The maximum absolute atomic E-state index is 5.44. The van der Waals surface area contributed by atoms with Crippen LogP contribution in [0.25, 0.3) is 21.8 Å². The molecule has 0 saturated heterocycles. The molecule has 0 aliphatic heterocycles. The highest BCUT2D eigenvalue weighted by Crippen LogP contribution is 2.31. The molecule has 3 aromatic rings. The molecule has 1 heteroatoms. The summed E-state index contributed by atoms with van der Waals surface area (Å²) in [5.74, 6) is 2.75. The van der Waals surface area contributed by atoms with Gasteiger partial charge in [-0.25, -0.2) is 0 Å². The van der Waals surface area contributed by atoms with Crippen molar-refractivity contribution >= 4 is 21.8 Å². The number of nitrogens with zero attached hydrogens (tertiary/aromatic N) is 1. The van der Waals surface area contributed by atoms with E-state index in [-0.39, 0.29) is 0 Å². The summed E-state index contributed by atoms with van der Waals surface area (Å²) in [4.78, 5) is 0. The molecule has 1 heterocycles. The van der Waals surface area contributed by atoms with E-state index in [4.69, 9.17) is 6.42 Å². The summed E-state index contributed by atoms with van der Waals surface area (Å²) >= 11 is 0. The second-order valence-corrected chi connectivity index (χ2v) is 5.10. The van der Waals surface area contributed by atoms with Crippen molar-refractivity contribution < 1.29 is 0 Å². The first-order chi connectivity index (χ1) is 9.22. The molecule has 0 unspecified atom stereocenters.